The predicted molar refractivity (Wildman–Crippen MR) is 126 cm³/mol. The first-order valence-electron chi connectivity index (χ1n) is 9.99. The van der Waals surface area contributed by atoms with Crippen molar-refractivity contribution in [2.24, 2.45) is 0 Å². The van der Waals surface area contributed by atoms with E-state index in [1.54, 1.807) is 23.9 Å². The van der Waals surface area contributed by atoms with Gasteiger partial charge in [-0.1, -0.05) is 36.2 Å². The Hall–Kier alpha value is -1.91. The lowest BCUT2D eigenvalue weighted by Crippen LogP contribution is -2.17. The molecule has 0 atom stereocenters. The molecule has 0 unspecified atom stereocenters. The van der Waals surface area contributed by atoms with E-state index in [1.165, 1.54) is 15.9 Å². The van der Waals surface area contributed by atoms with Gasteiger partial charge >= 0.3 is 5.69 Å². The van der Waals surface area contributed by atoms with Gasteiger partial charge in [0.15, 0.2) is 5.82 Å². The average molecular weight is 484 g/mol. The minimum absolute atomic E-state index is 0.0581. The molecule has 1 N–H and O–H groups in total. The Labute approximate surface area is 190 Å². The van der Waals surface area contributed by atoms with Gasteiger partial charge in [-0.2, -0.15) is 4.98 Å². The molecule has 2 aliphatic rings. The summed E-state index contributed by atoms with van der Waals surface area (Å²) >= 11 is 3.05. The molecule has 0 fully saturated rings. The molecular weight excluding hydrogens is 457 g/mol. The number of alkyl halides is 1. The fourth-order valence-corrected chi connectivity index (χ4v) is 6.77. The van der Waals surface area contributed by atoms with Crippen LogP contribution in [0.25, 0.3) is 5.69 Å². The number of halogens is 1. The van der Waals surface area contributed by atoms with Crippen LogP contribution in [0, 0.1) is 20.8 Å². The summed E-state index contributed by atoms with van der Waals surface area (Å²) in [6.45, 7) is 5.36. The lowest BCUT2D eigenvalue weighted by atomic mass is 10.2. The Morgan fingerprint density at radius 2 is 1.84 bits per heavy atom. The van der Waals surface area contributed by atoms with Crippen molar-refractivity contribution in [2.45, 2.75) is 50.0 Å². The van der Waals surface area contributed by atoms with E-state index in [1.807, 2.05) is 32.9 Å². The Kier molecular flexibility index (Phi) is 7.77. The maximum Gasteiger partial charge on any atom is 0.354 e. The van der Waals surface area contributed by atoms with Crippen molar-refractivity contribution < 1.29 is 12.8 Å². The molecule has 1 aromatic rings. The first kappa shape index (κ1) is 23.7. The Morgan fingerprint density at radius 1 is 1.13 bits per heavy atom. The van der Waals surface area contributed by atoms with Crippen LogP contribution >= 0.6 is 23.1 Å². The molecule has 10 heteroatoms. The Morgan fingerprint density at radius 3 is 2.52 bits per heavy atom. The van der Waals surface area contributed by atoms with Crippen molar-refractivity contribution in [3.05, 3.63) is 56.4 Å². The summed E-state index contributed by atoms with van der Waals surface area (Å²) in [7, 11) is -3.76. The van der Waals surface area contributed by atoms with Gasteiger partial charge in [0.05, 0.1) is 16.6 Å². The maximum absolute atomic E-state index is 12.8. The topological polar surface area (TPSA) is 81.1 Å². The second kappa shape index (κ2) is 10.1. The minimum atomic E-state index is -3.76. The smallest absolute Gasteiger partial charge is 0.265 e. The van der Waals surface area contributed by atoms with Crippen molar-refractivity contribution in [3.8, 4) is 5.69 Å². The quantitative estimate of drug-likeness (QED) is 0.330. The third kappa shape index (κ3) is 5.87. The molecule has 0 spiro atoms. The minimum Gasteiger partial charge on any atom is -0.265 e. The van der Waals surface area contributed by atoms with Crippen LogP contribution in [0.1, 0.15) is 41.0 Å². The summed E-state index contributed by atoms with van der Waals surface area (Å²) in [6.07, 6.45) is 2.17. The number of nitrogens with one attached hydrogen (secondary N) is 1. The maximum atomic E-state index is 12.8. The Bertz CT molecular complexity index is 1170. The van der Waals surface area contributed by atoms with E-state index in [-0.39, 0.29) is 18.2 Å². The zero-order valence-corrected chi connectivity index (χ0v) is 20.2. The van der Waals surface area contributed by atoms with E-state index < -0.39 is 15.7 Å². The number of fused-ring (bicyclic) bond motifs is 1. The third-order valence-electron chi connectivity index (χ3n) is 4.87. The van der Waals surface area contributed by atoms with Crippen LogP contribution in [0.3, 0.4) is 0 Å². The molecule has 6 nitrogen and oxygen atoms in total. The number of sulfonamides is 1. The van der Waals surface area contributed by atoms with Crippen molar-refractivity contribution in [3.63, 3.8) is 0 Å². The standard InChI is InChI=1S/C21H26FN3O3S3/c1-14-7-9-17(10-8-14)13-31(27,28)24-19-18-20(29-12-6-4-5-11-22)30-16(3)15(2)25(18)21(26)23-19/h7-10H,4-6,11-13H2,1-3H3,(H,23,24,26). The number of imidazole rings is 1. The van der Waals surface area contributed by atoms with Gasteiger partial charge in [-0.3, -0.25) is 13.7 Å². The SMILES string of the molecule is Cc1ccc(CS(=O)(=O)Nc2nc(=O)n3c(C)c(C)sc(SCCCCCF)c2-3)cc1. The normalized spacial score (nSPS) is 11.9. The highest BCUT2D eigenvalue weighted by Crippen LogP contribution is 2.38. The van der Waals surface area contributed by atoms with Gasteiger partial charge in [0, 0.05) is 10.6 Å². The van der Waals surface area contributed by atoms with Crippen LogP contribution in [0.2, 0.25) is 0 Å². The fourth-order valence-electron chi connectivity index (χ4n) is 3.11. The van der Waals surface area contributed by atoms with Gasteiger partial charge in [-0.15, -0.1) is 23.1 Å². The highest BCUT2D eigenvalue weighted by molar-refractivity contribution is 8.01. The molecule has 0 bridgehead atoms. The number of nitrogens with zero attached hydrogens (tertiary/aromatic N) is 2. The zero-order valence-electron chi connectivity index (χ0n) is 17.8. The van der Waals surface area contributed by atoms with Crippen LogP contribution in [0.4, 0.5) is 10.2 Å². The summed E-state index contributed by atoms with van der Waals surface area (Å²) in [5.41, 5.74) is 2.42. The number of thioether (sulfide) groups is 1. The molecule has 3 rings (SSSR count). The number of benzene rings is 1. The summed E-state index contributed by atoms with van der Waals surface area (Å²) < 4.78 is 42.7. The van der Waals surface area contributed by atoms with E-state index >= 15 is 0 Å². The second-order valence-corrected chi connectivity index (χ2v) is 11.7. The molecule has 0 aliphatic carbocycles. The molecule has 0 radical (unpaired) electrons. The van der Waals surface area contributed by atoms with Crippen LogP contribution in [-0.4, -0.2) is 30.4 Å². The Balaban J connectivity index is 1.91. The highest BCUT2D eigenvalue weighted by Gasteiger charge is 2.26. The van der Waals surface area contributed by atoms with E-state index in [0.717, 1.165) is 38.9 Å². The summed E-state index contributed by atoms with van der Waals surface area (Å²) in [5, 5.41) is 0. The van der Waals surface area contributed by atoms with E-state index in [9.17, 15) is 17.6 Å². The van der Waals surface area contributed by atoms with Gasteiger partial charge in [0.25, 0.3) is 0 Å². The highest BCUT2D eigenvalue weighted by atomic mass is 32.2. The second-order valence-electron chi connectivity index (χ2n) is 7.40. The first-order chi connectivity index (χ1) is 14.7. The van der Waals surface area contributed by atoms with E-state index in [0.29, 0.717) is 17.7 Å². The first-order valence-corrected chi connectivity index (χ1v) is 13.4. The lowest BCUT2D eigenvalue weighted by molar-refractivity contribution is 0.460. The third-order valence-corrected chi connectivity index (χ3v) is 8.62. The number of unbranched alkanes of at least 4 members (excludes halogenated alkanes) is 2. The van der Waals surface area contributed by atoms with Crippen LogP contribution < -0.4 is 10.4 Å². The van der Waals surface area contributed by atoms with Gasteiger partial charge in [-0.25, -0.2) is 13.2 Å². The molecular formula is C21H26FN3O3S3. The summed E-state index contributed by atoms with van der Waals surface area (Å²) in [6, 6.07) is 7.26. The van der Waals surface area contributed by atoms with Gasteiger partial charge in [0.1, 0.15) is 5.69 Å². The van der Waals surface area contributed by atoms with Crippen LogP contribution in [0.5, 0.6) is 0 Å². The van der Waals surface area contributed by atoms with Crippen molar-refractivity contribution in [2.75, 3.05) is 17.1 Å². The lowest BCUT2D eigenvalue weighted by Gasteiger charge is -2.16. The fraction of sp³-hybridized carbons (Fsp3) is 0.429. The summed E-state index contributed by atoms with van der Waals surface area (Å²) in [4.78, 5) is 17.6. The van der Waals surface area contributed by atoms with Crippen molar-refractivity contribution in [1.82, 2.24) is 9.55 Å². The van der Waals surface area contributed by atoms with Crippen LogP contribution in [0.15, 0.2) is 33.3 Å². The van der Waals surface area contributed by atoms with Gasteiger partial charge in [-0.05, 0) is 44.9 Å². The van der Waals surface area contributed by atoms with Gasteiger partial charge in [0.2, 0.25) is 10.0 Å². The number of aryl methyl sites for hydroxylation is 2. The average Bonchev–Trinajstić information content (AvgIpc) is 3.02. The van der Waals surface area contributed by atoms with Crippen LogP contribution in [-0.2, 0) is 15.8 Å². The number of rotatable bonds is 10. The van der Waals surface area contributed by atoms with E-state index in [4.69, 9.17) is 0 Å². The molecule has 0 aromatic heterocycles. The molecule has 168 valence electrons. The van der Waals surface area contributed by atoms with Crippen molar-refractivity contribution >= 4 is 38.9 Å². The molecule has 0 saturated heterocycles. The van der Waals surface area contributed by atoms with E-state index in [2.05, 4.69) is 9.71 Å². The molecule has 2 heterocycles. The number of hydrogen-bond acceptors (Lipinski definition) is 6. The summed E-state index contributed by atoms with van der Waals surface area (Å²) in [5.74, 6) is 0.604. The predicted octanol–water partition coefficient (Wildman–Crippen LogP) is 4.83. The zero-order chi connectivity index (χ0) is 22.6. The van der Waals surface area contributed by atoms with Crippen molar-refractivity contribution in [1.29, 1.82) is 0 Å². The molecule has 31 heavy (non-hydrogen) atoms. The monoisotopic (exact) mass is 483 g/mol. The molecule has 2 aliphatic heterocycles. The number of hydrogen-bond donors (Lipinski definition) is 1. The molecule has 0 amide bonds. The largest absolute Gasteiger partial charge is 0.354 e. The molecule has 0 saturated carbocycles. The van der Waals surface area contributed by atoms with Gasteiger partial charge < -0.3 is 0 Å². The number of aromatic nitrogens is 2. The number of anilines is 1. The molecule has 1 aromatic carbocycles.